The molecule has 0 bridgehead atoms. The predicted molar refractivity (Wildman–Crippen MR) is 94.0 cm³/mol. The van der Waals surface area contributed by atoms with E-state index in [1.807, 2.05) is 35.2 Å². The van der Waals surface area contributed by atoms with Crippen molar-refractivity contribution in [2.24, 2.45) is 4.99 Å². The van der Waals surface area contributed by atoms with Gasteiger partial charge >= 0.3 is 12.2 Å². The van der Waals surface area contributed by atoms with Crippen molar-refractivity contribution in [2.75, 3.05) is 11.9 Å². The first-order valence-electron chi connectivity index (χ1n) is 8.26. The topological polar surface area (TPSA) is 44.7 Å². The molecule has 0 saturated carbocycles. The Kier molecular flexibility index (Phi) is 5.25. The van der Waals surface area contributed by atoms with E-state index in [-0.39, 0.29) is 5.69 Å². The van der Waals surface area contributed by atoms with Gasteiger partial charge in [-0.15, -0.1) is 0 Å². The molecule has 26 heavy (non-hydrogen) atoms. The second-order valence-electron chi connectivity index (χ2n) is 6.05. The van der Waals surface area contributed by atoms with Gasteiger partial charge in [-0.3, -0.25) is 0 Å². The van der Waals surface area contributed by atoms with Crippen LogP contribution in [-0.4, -0.2) is 23.3 Å². The zero-order valence-electron chi connectivity index (χ0n) is 14.0. The lowest BCUT2D eigenvalue weighted by Gasteiger charge is -2.18. The van der Waals surface area contributed by atoms with Gasteiger partial charge in [-0.1, -0.05) is 36.4 Å². The van der Waals surface area contributed by atoms with E-state index in [1.54, 1.807) is 0 Å². The highest BCUT2D eigenvalue weighted by Gasteiger charge is 2.30. The number of nitrogens with zero attached hydrogens (tertiary/aromatic N) is 2. The first-order valence-corrected chi connectivity index (χ1v) is 8.26. The molecule has 136 valence electrons. The van der Waals surface area contributed by atoms with E-state index < -0.39 is 17.8 Å². The molecule has 7 heteroatoms. The number of amides is 2. The molecule has 1 saturated heterocycles. The van der Waals surface area contributed by atoms with Crippen LogP contribution in [0.1, 0.15) is 24.0 Å². The third-order valence-corrected chi connectivity index (χ3v) is 4.08. The van der Waals surface area contributed by atoms with E-state index in [4.69, 9.17) is 0 Å². The lowest BCUT2D eigenvalue weighted by Crippen LogP contribution is -2.26. The van der Waals surface area contributed by atoms with Crippen molar-refractivity contribution >= 4 is 17.6 Å². The van der Waals surface area contributed by atoms with Gasteiger partial charge in [-0.2, -0.15) is 18.2 Å². The van der Waals surface area contributed by atoms with Gasteiger partial charge in [-0.05, 0) is 30.2 Å². The number of carbonyl (C=O) groups is 1. The third kappa shape index (κ3) is 4.62. The van der Waals surface area contributed by atoms with Gasteiger partial charge in [0.2, 0.25) is 0 Å². The lowest BCUT2D eigenvalue weighted by molar-refractivity contribution is -0.137. The number of alkyl halides is 3. The van der Waals surface area contributed by atoms with Gasteiger partial charge in [0.15, 0.2) is 0 Å². The molecule has 4 nitrogen and oxygen atoms in total. The number of amidine groups is 1. The molecule has 0 atom stereocenters. The van der Waals surface area contributed by atoms with Crippen LogP contribution in [0.15, 0.2) is 59.6 Å². The van der Waals surface area contributed by atoms with Gasteiger partial charge in [0.05, 0.1) is 5.56 Å². The van der Waals surface area contributed by atoms with Crippen LogP contribution in [0.25, 0.3) is 0 Å². The average Bonchev–Trinajstić information content (AvgIpc) is 3.02. The van der Waals surface area contributed by atoms with Crippen LogP contribution < -0.4 is 5.32 Å². The minimum absolute atomic E-state index is 0.0711. The van der Waals surface area contributed by atoms with Gasteiger partial charge in [-0.25, -0.2) is 4.79 Å². The van der Waals surface area contributed by atoms with E-state index in [0.717, 1.165) is 30.7 Å². The summed E-state index contributed by atoms with van der Waals surface area (Å²) >= 11 is 0. The van der Waals surface area contributed by atoms with Crippen LogP contribution in [0.3, 0.4) is 0 Å². The summed E-state index contributed by atoms with van der Waals surface area (Å²) < 4.78 is 38.2. The second-order valence-corrected chi connectivity index (χ2v) is 6.05. The maximum atomic E-state index is 12.7. The summed E-state index contributed by atoms with van der Waals surface area (Å²) in [6, 6.07) is 13.7. The zero-order chi connectivity index (χ0) is 18.6. The first kappa shape index (κ1) is 18.0. The second kappa shape index (κ2) is 7.59. The molecule has 0 aromatic heterocycles. The molecule has 3 rings (SSSR count). The van der Waals surface area contributed by atoms with Gasteiger partial charge in [0, 0.05) is 25.2 Å². The fraction of sp³-hybridized carbons (Fsp3) is 0.263. The van der Waals surface area contributed by atoms with Crippen LogP contribution in [0.2, 0.25) is 0 Å². The number of nitrogens with one attached hydrogen (secondary N) is 1. The molecule has 0 aliphatic carbocycles. The summed E-state index contributed by atoms with van der Waals surface area (Å²) in [5.74, 6) is 0.651. The average molecular weight is 361 g/mol. The van der Waals surface area contributed by atoms with E-state index in [2.05, 4.69) is 10.3 Å². The minimum Gasteiger partial charge on any atom is -0.356 e. The number of anilines is 1. The number of hydrogen-bond acceptors (Lipinski definition) is 1. The summed E-state index contributed by atoms with van der Waals surface area (Å²) in [6.07, 6.45) is -2.89. The molecule has 1 heterocycles. The zero-order valence-corrected chi connectivity index (χ0v) is 14.0. The standard InChI is InChI=1S/C19H18F3N3O/c20-19(21,22)15-8-4-9-16(12-15)23-18(26)24-17-10-5-11-25(17)13-14-6-2-1-3-7-14/h1-4,6-9,12H,5,10-11,13H2,(H,23,26)/b24-17+. The maximum Gasteiger partial charge on any atom is 0.416 e. The molecule has 1 fully saturated rings. The van der Waals surface area contributed by atoms with Gasteiger partial charge < -0.3 is 10.2 Å². The Balaban J connectivity index is 1.68. The Bertz CT molecular complexity index is 803. The lowest BCUT2D eigenvalue weighted by atomic mass is 10.2. The van der Waals surface area contributed by atoms with Crippen molar-refractivity contribution < 1.29 is 18.0 Å². The maximum absolute atomic E-state index is 12.7. The highest BCUT2D eigenvalue weighted by Crippen LogP contribution is 2.30. The first-order chi connectivity index (χ1) is 12.4. The molecular weight excluding hydrogens is 343 g/mol. The molecule has 2 aromatic rings. The van der Waals surface area contributed by atoms with Gasteiger partial charge in [0.1, 0.15) is 5.84 Å². The quantitative estimate of drug-likeness (QED) is 0.842. The monoisotopic (exact) mass is 361 g/mol. The Morgan fingerprint density at radius 2 is 1.88 bits per heavy atom. The SMILES string of the molecule is O=C(/N=C1\CCCN1Cc1ccccc1)Nc1cccc(C(F)(F)F)c1. The van der Waals surface area contributed by atoms with Crippen LogP contribution in [0, 0.1) is 0 Å². The molecule has 1 aliphatic rings. The summed E-state index contributed by atoms with van der Waals surface area (Å²) in [7, 11) is 0. The number of likely N-dealkylation sites (tertiary alicyclic amines) is 1. The molecular formula is C19H18F3N3O. The van der Waals surface area contributed by atoms with E-state index >= 15 is 0 Å². The summed E-state index contributed by atoms with van der Waals surface area (Å²) in [5.41, 5.74) is 0.372. The Morgan fingerprint density at radius 3 is 2.62 bits per heavy atom. The molecule has 1 aliphatic heterocycles. The van der Waals surface area contributed by atoms with Crippen molar-refractivity contribution in [3.8, 4) is 0 Å². The van der Waals surface area contributed by atoms with Crippen LogP contribution >= 0.6 is 0 Å². The van der Waals surface area contributed by atoms with Gasteiger partial charge in [0.25, 0.3) is 0 Å². The number of benzene rings is 2. The molecule has 0 radical (unpaired) electrons. The van der Waals surface area contributed by atoms with E-state index in [0.29, 0.717) is 18.8 Å². The molecule has 0 unspecified atom stereocenters. The third-order valence-electron chi connectivity index (χ3n) is 4.08. The predicted octanol–water partition coefficient (Wildman–Crippen LogP) is 4.93. The summed E-state index contributed by atoms with van der Waals surface area (Å²) in [5, 5.41) is 2.41. The minimum atomic E-state index is -4.45. The van der Waals surface area contributed by atoms with Crippen LogP contribution in [-0.2, 0) is 12.7 Å². The molecule has 2 aromatic carbocycles. The van der Waals surface area contributed by atoms with Crippen molar-refractivity contribution in [2.45, 2.75) is 25.6 Å². The van der Waals surface area contributed by atoms with Crippen LogP contribution in [0.4, 0.5) is 23.7 Å². The number of carbonyl (C=O) groups excluding carboxylic acids is 1. The number of aliphatic imine (C=N–C) groups is 1. The van der Waals surface area contributed by atoms with Crippen molar-refractivity contribution in [1.82, 2.24) is 4.90 Å². The fourth-order valence-corrected chi connectivity index (χ4v) is 2.86. The highest BCUT2D eigenvalue weighted by molar-refractivity contribution is 6.00. The number of halogens is 3. The van der Waals surface area contributed by atoms with Crippen molar-refractivity contribution in [3.63, 3.8) is 0 Å². The van der Waals surface area contributed by atoms with Crippen molar-refractivity contribution in [3.05, 3.63) is 65.7 Å². The number of hydrogen-bond donors (Lipinski definition) is 1. The Morgan fingerprint density at radius 1 is 1.12 bits per heavy atom. The smallest absolute Gasteiger partial charge is 0.356 e. The fourth-order valence-electron chi connectivity index (χ4n) is 2.86. The highest BCUT2D eigenvalue weighted by atomic mass is 19.4. The number of rotatable bonds is 3. The van der Waals surface area contributed by atoms with E-state index in [1.165, 1.54) is 12.1 Å². The summed E-state index contributed by atoms with van der Waals surface area (Å²) in [6.45, 7) is 1.45. The Hall–Kier alpha value is -2.83. The number of urea groups is 1. The molecule has 0 spiro atoms. The Labute approximate surface area is 149 Å². The van der Waals surface area contributed by atoms with Crippen LogP contribution in [0.5, 0.6) is 0 Å². The summed E-state index contributed by atoms with van der Waals surface area (Å²) in [4.78, 5) is 18.2. The van der Waals surface area contributed by atoms with Crippen molar-refractivity contribution in [1.29, 1.82) is 0 Å². The largest absolute Gasteiger partial charge is 0.416 e. The van der Waals surface area contributed by atoms with E-state index in [9.17, 15) is 18.0 Å². The molecule has 1 N–H and O–H groups in total. The molecule has 2 amide bonds. The normalized spacial score (nSPS) is 16.1.